The summed E-state index contributed by atoms with van der Waals surface area (Å²) in [7, 11) is 0. The number of benzene rings is 2. The van der Waals surface area contributed by atoms with Gasteiger partial charge in [0.15, 0.2) is 10.3 Å². The SMILES string of the molecule is CCOC(=O)C1(CSc2nc3cc(Cl)c(Cl)cc3[nH]2)OC(=O)C(O)=C1Sc1nc2cc(Cl)c(Cl)cc2[nH]1. The molecule has 0 aliphatic carbocycles. The van der Waals surface area contributed by atoms with E-state index in [1.165, 1.54) is 0 Å². The van der Waals surface area contributed by atoms with E-state index in [9.17, 15) is 14.7 Å². The largest absolute Gasteiger partial charge is 0.501 e. The highest BCUT2D eigenvalue weighted by atomic mass is 35.5. The molecule has 0 fully saturated rings. The zero-order chi connectivity index (χ0) is 26.5. The Morgan fingerprint density at radius 1 is 1.00 bits per heavy atom. The van der Waals surface area contributed by atoms with Gasteiger partial charge in [-0.15, -0.1) is 0 Å². The Kier molecular flexibility index (Phi) is 7.20. The van der Waals surface area contributed by atoms with Gasteiger partial charge in [0.2, 0.25) is 5.76 Å². The summed E-state index contributed by atoms with van der Waals surface area (Å²) in [5, 5.41) is 12.6. The second-order valence-corrected chi connectivity index (χ2v) is 11.2. The first-order valence-corrected chi connectivity index (χ1v) is 13.8. The van der Waals surface area contributed by atoms with Gasteiger partial charge in [0.05, 0.1) is 59.4 Å². The number of hydrogen-bond donors (Lipinski definition) is 3. The molecule has 0 bridgehead atoms. The summed E-state index contributed by atoms with van der Waals surface area (Å²) in [5.74, 6) is -2.81. The van der Waals surface area contributed by atoms with Gasteiger partial charge < -0.3 is 24.5 Å². The minimum absolute atomic E-state index is 0.0186. The normalized spacial score (nSPS) is 17.7. The molecule has 1 unspecified atom stereocenters. The highest BCUT2D eigenvalue weighted by molar-refractivity contribution is 8.03. The van der Waals surface area contributed by atoms with Crippen LogP contribution >= 0.6 is 69.9 Å². The summed E-state index contributed by atoms with van der Waals surface area (Å²) in [5.41, 5.74) is 0.279. The van der Waals surface area contributed by atoms with Crippen LogP contribution in [-0.2, 0) is 19.1 Å². The lowest BCUT2D eigenvalue weighted by atomic mass is 10.1. The number of aliphatic hydroxyl groups is 1. The molecule has 1 aliphatic heterocycles. The number of hydrogen-bond acceptors (Lipinski definition) is 9. The summed E-state index contributed by atoms with van der Waals surface area (Å²) >= 11 is 26.3. The van der Waals surface area contributed by atoms with E-state index in [0.29, 0.717) is 47.3 Å². The van der Waals surface area contributed by atoms with Crippen LogP contribution in [0.3, 0.4) is 0 Å². The predicted molar refractivity (Wildman–Crippen MR) is 144 cm³/mol. The van der Waals surface area contributed by atoms with Gasteiger partial charge in [-0.25, -0.2) is 19.6 Å². The van der Waals surface area contributed by atoms with E-state index in [2.05, 4.69) is 19.9 Å². The molecule has 9 nitrogen and oxygen atoms in total. The van der Waals surface area contributed by atoms with Crippen LogP contribution in [0, 0.1) is 0 Å². The highest BCUT2D eigenvalue weighted by Gasteiger charge is 2.56. The first kappa shape index (κ1) is 26.3. The van der Waals surface area contributed by atoms with Crippen molar-refractivity contribution < 1.29 is 24.2 Å². The van der Waals surface area contributed by atoms with Gasteiger partial charge in [-0.05, 0) is 43.0 Å². The first-order chi connectivity index (χ1) is 17.6. The Bertz CT molecular complexity index is 1540. The van der Waals surface area contributed by atoms with Crippen molar-refractivity contribution in [3.05, 3.63) is 55.0 Å². The van der Waals surface area contributed by atoms with Gasteiger partial charge in [-0.3, -0.25) is 0 Å². The summed E-state index contributed by atoms with van der Waals surface area (Å²) in [6.45, 7) is 1.64. The monoisotopic (exact) mass is 618 g/mol. The van der Waals surface area contributed by atoms with Crippen LogP contribution < -0.4 is 0 Å². The number of carbonyl (C=O) groups is 2. The van der Waals surface area contributed by atoms with Crippen molar-refractivity contribution in [2.45, 2.75) is 22.8 Å². The Labute approximate surface area is 237 Å². The zero-order valence-electron chi connectivity index (χ0n) is 18.5. The molecule has 0 radical (unpaired) electrons. The van der Waals surface area contributed by atoms with Gasteiger partial charge >= 0.3 is 11.9 Å². The smallest absolute Gasteiger partial charge is 0.375 e. The average molecular weight is 620 g/mol. The molecule has 4 aromatic rings. The van der Waals surface area contributed by atoms with Crippen molar-refractivity contribution in [2.24, 2.45) is 0 Å². The summed E-state index contributed by atoms with van der Waals surface area (Å²) < 4.78 is 10.7. The van der Waals surface area contributed by atoms with E-state index in [0.717, 1.165) is 23.5 Å². The molecule has 0 spiro atoms. The highest BCUT2D eigenvalue weighted by Crippen LogP contribution is 2.46. The summed E-state index contributed by atoms with van der Waals surface area (Å²) in [6.07, 6.45) is 0. The van der Waals surface area contributed by atoms with Crippen LogP contribution in [0.4, 0.5) is 0 Å². The minimum Gasteiger partial charge on any atom is -0.501 e. The summed E-state index contributed by atoms with van der Waals surface area (Å²) in [4.78, 5) is 40.6. The number of esters is 2. The number of fused-ring (bicyclic) bond motifs is 2. The van der Waals surface area contributed by atoms with Gasteiger partial charge in [0, 0.05) is 0 Å². The number of halogens is 4. The maximum absolute atomic E-state index is 13.2. The average Bonchev–Trinajstić information content (AvgIpc) is 3.49. The predicted octanol–water partition coefficient (Wildman–Crippen LogP) is 6.57. The number of ether oxygens (including phenoxy) is 2. The number of aromatic amines is 2. The van der Waals surface area contributed by atoms with E-state index in [1.54, 1.807) is 31.2 Å². The van der Waals surface area contributed by atoms with Gasteiger partial charge in [0.1, 0.15) is 0 Å². The second-order valence-electron chi connectivity index (χ2n) is 7.66. The molecular formula is C22H14Cl4N4O5S2. The van der Waals surface area contributed by atoms with E-state index >= 15 is 0 Å². The van der Waals surface area contributed by atoms with Crippen LogP contribution in [0.5, 0.6) is 0 Å². The molecule has 1 atom stereocenters. The number of aromatic nitrogens is 4. The number of rotatable bonds is 7. The Hall–Kier alpha value is -2.28. The Morgan fingerprint density at radius 2 is 1.54 bits per heavy atom. The quantitative estimate of drug-likeness (QED) is 0.155. The maximum atomic E-state index is 13.2. The van der Waals surface area contributed by atoms with Crippen molar-refractivity contribution in [1.29, 1.82) is 0 Å². The molecule has 0 amide bonds. The van der Waals surface area contributed by atoms with Gasteiger partial charge in [0.25, 0.3) is 5.60 Å². The molecule has 0 saturated heterocycles. The number of imidazole rings is 2. The number of nitrogens with one attached hydrogen (secondary N) is 2. The molecule has 1 aliphatic rings. The summed E-state index contributed by atoms with van der Waals surface area (Å²) in [6, 6.07) is 6.39. The Morgan fingerprint density at radius 3 is 2.14 bits per heavy atom. The first-order valence-electron chi connectivity index (χ1n) is 10.5. The Balaban J connectivity index is 1.50. The standard InChI is InChI=1S/C22H14Cl4N4O5S2/c1-2-34-19(33)22(7-36-20-27-12-3-8(23)9(24)4-13(12)28-20)17(16(31)18(32)35-22)37-21-29-14-5-10(25)11(26)6-15(14)30-21/h3-6,31H,2,7H2,1H3,(H,27,28)(H,29,30). The van der Waals surface area contributed by atoms with Crippen molar-refractivity contribution in [1.82, 2.24) is 19.9 Å². The number of thioether (sulfide) groups is 2. The third-order valence-electron chi connectivity index (χ3n) is 5.26. The lowest BCUT2D eigenvalue weighted by Gasteiger charge is -2.26. The molecule has 2 aromatic heterocycles. The molecule has 15 heteroatoms. The zero-order valence-corrected chi connectivity index (χ0v) is 23.2. The van der Waals surface area contributed by atoms with E-state index in [4.69, 9.17) is 55.9 Å². The van der Waals surface area contributed by atoms with Crippen LogP contribution in [0.1, 0.15) is 6.92 Å². The molecule has 0 saturated carbocycles. The molecule has 37 heavy (non-hydrogen) atoms. The molecule has 2 aromatic carbocycles. The molecule has 5 rings (SSSR count). The van der Waals surface area contributed by atoms with Gasteiger partial charge in [-0.1, -0.05) is 58.2 Å². The lowest BCUT2D eigenvalue weighted by molar-refractivity contribution is -0.169. The van der Waals surface area contributed by atoms with Crippen LogP contribution in [-0.4, -0.2) is 54.9 Å². The van der Waals surface area contributed by atoms with Crippen LogP contribution in [0.15, 0.2) is 45.2 Å². The number of nitrogens with zero attached hydrogens (tertiary/aromatic N) is 2. The fourth-order valence-electron chi connectivity index (χ4n) is 3.55. The molecule has 3 heterocycles. The van der Waals surface area contributed by atoms with E-state index in [-0.39, 0.29) is 22.4 Å². The van der Waals surface area contributed by atoms with E-state index in [1.807, 2.05) is 0 Å². The minimum atomic E-state index is -1.96. The third kappa shape index (κ3) is 4.84. The lowest BCUT2D eigenvalue weighted by Crippen LogP contribution is -2.44. The van der Waals surface area contributed by atoms with Crippen LogP contribution in [0.2, 0.25) is 20.1 Å². The van der Waals surface area contributed by atoms with Crippen molar-refractivity contribution in [3.8, 4) is 0 Å². The van der Waals surface area contributed by atoms with Gasteiger partial charge in [-0.2, -0.15) is 0 Å². The third-order valence-corrected chi connectivity index (χ3v) is 8.84. The van der Waals surface area contributed by atoms with E-state index < -0.39 is 23.3 Å². The second kappa shape index (κ2) is 10.1. The number of aliphatic hydroxyl groups excluding tert-OH is 1. The van der Waals surface area contributed by atoms with Crippen molar-refractivity contribution in [2.75, 3.05) is 12.4 Å². The number of carbonyl (C=O) groups excluding carboxylic acids is 2. The van der Waals surface area contributed by atoms with Crippen molar-refractivity contribution >= 4 is 104 Å². The topological polar surface area (TPSA) is 130 Å². The molecule has 192 valence electrons. The fourth-order valence-corrected chi connectivity index (χ4v) is 6.33. The number of cyclic esters (lactones) is 1. The molecule has 3 N–H and O–H groups in total. The van der Waals surface area contributed by atoms with Crippen LogP contribution in [0.25, 0.3) is 22.1 Å². The molecular weight excluding hydrogens is 606 g/mol. The maximum Gasteiger partial charge on any atom is 0.375 e. The fraction of sp³-hybridized carbons (Fsp3) is 0.182. The number of H-pyrrole nitrogens is 2. The van der Waals surface area contributed by atoms with Crippen molar-refractivity contribution in [3.63, 3.8) is 0 Å².